The number of fused-ring (bicyclic) bond motifs is 1. The molecule has 0 bridgehead atoms. The molecular weight excluding hydrogens is 438 g/mol. The first-order valence-corrected chi connectivity index (χ1v) is 10.3. The molecule has 6 atom stereocenters. The molecule has 1 aliphatic heterocycles. The van der Waals surface area contributed by atoms with E-state index in [0.29, 0.717) is 11.2 Å². The maximum Gasteiger partial charge on any atom is 0.408 e. The van der Waals surface area contributed by atoms with Crippen LogP contribution < -0.4 is 16.0 Å². The van der Waals surface area contributed by atoms with Crippen LogP contribution in [0.5, 0.6) is 0 Å². The number of anilines is 1. The molecule has 7 N–H and O–H groups in total. The maximum atomic E-state index is 12.6. The van der Waals surface area contributed by atoms with E-state index < -0.39 is 60.8 Å². The van der Waals surface area contributed by atoms with Gasteiger partial charge in [-0.3, -0.25) is 4.79 Å². The molecule has 0 aliphatic carbocycles. The third kappa shape index (κ3) is 5.84. The minimum Gasteiger partial charge on any atom is -0.444 e. The fraction of sp³-hybridized carbons (Fsp3) is 0.632. The average molecular weight is 467 g/mol. The van der Waals surface area contributed by atoms with Crippen molar-refractivity contribution in [2.24, 2.45) is 0 Å². The van der Waals surface area contributed by atoms with E-state index in [4.69, 9.17) is 9.47 Å². The quantitative estimate of drug-likeness (QED) is 0.263. The first-order valence-electron chi connectivity index (χ1n) is 10.3. The lowest BCUT2D eigenvalue weighted by atomic mass is 9.95. The fourth-order valence-electron chi connectivity index (χ4n) is 3.27. The molecule has 2 aromatic heterocycles. The van der Waals surface area contributed by atoms with Crippen LogP contribution in [0.2, 0.25) is 0 Å². The van der Waals surface area contributed by atoms with Crippen molar-refractivity contribution < 1.29 is 34.4 Å². The Morgan fingerprint density at radius 3 is 2.64 bits per heavy atom. The average Bonchev–Trinajstić information content (AvgIpc) is 3.21. The van der Waals surface area contributed by atoms with Crippen LogP contribution >= 0.6 is 0 Å². The zero-order valence-corrected chi connectivity index (χ0v) is 18.6. The van der Waals surface area contributed by atoms with Gasteiger partial charge in [-0.2, -0.15) is 0 Å². The second-order valence-corrected chi connectivity index (χ2v) is 8.63. The summed E-state index contributed by atoms with van der Waals surface area (Å²) in [5.74, 6) is -0.399. The van der Waals surface area contributed by atoms with E-state index in [2.05, 4.69) is 35.9 Å². The minimum absolute atomic E-state index is 0.267. The molecule has 0 aromatic carbocycles. The molecule has 1 aliphatic rings. The van der Waals surface area contributed by atoms with Crippen molar-refractivity contribution in [3.05, 3.63) is 12.7 Å². The third-order valence-electron chi connectivity index (χ3n) is 4.87. The molecular formula is C19H29N7O7. The van der Waals surface area contributed by atoms with Crippen molar-refractivity contribution in [1.82, 2.24) is 30.6 Å². The zero-order valence-electron chi connectivity index (χ0n) is 18.6. The van der Waals surface area contributed by atoms with E-state index in [1.165, 1.54) is 19.6 Å². The molecule has 182 valence electrons. The number of nitrogens with zero attached hydrogens (tertiary/aromatic N) is 3. The summed E-state index contributed by atoms with van der Waals surface area (Å²) in [6, 6.07) is -2.18. The number of aromatic amines is 1. The van der Waals surface area contributed by atoms with Crippen LogP contribution in [-0.4, -0.2) is 96.1 Å². The van der Waals surface area contributed by atoms with Gasteiger partial charge in [-0.15, -0.1) is 0 Å². The Hall–Kier alpha value is -3.07. The van der Waals surface area contributed by atoms with Gasteiger partial charge in [-0.05, 0) is 27.7 Å². The van der Waals surface area contributed by atoms with Crippen LogP contribution in [0.1, 0.15) is 27.7 Å². The van der Waals surface area contributed by atoms with Crippen molar-refractivity contribution in [2.45, 2.75) is 69.9 Å². The molecule has 14 nitrogen and oxygen atoms in total. The monoisotopic (exact) mass is 467 g/mol. The van der Waals surface area contributed by atoms with Gasteiger partial charge in [0.25, 0.3) is 0 Å². The molecule has 1 fully saturated rings. The Labute approximate surface area is 189 Å². The smallest absolute Gasteiger partial charge is 0.408 e. The highest BCUT2D eigenvalue weighted by atomic mass is 16.6. The lowest BCUT2D eigenvalue weighted by molar-refractivity contribution is -0.185. The second-order valence-electron chi connectivity index (χ2n) is 8.63. The van der Waals surface area contributed by atoms with Gasteiger partial charge in [0.15, 0.2) is 17.7 Å². The number of nitrogens with one attached hydrogen (secondary N) is 4. The van der Waals surface area contributed by atoms with Gasteiger partial charge in [0.1, 0.15) is 41.8 Å². The number of aliphatic hydroxyl groups is 3. The molecule has 0 radical (unpaired) electrons. The molecule has 14 heteroatoms. The first-order chi connectivity index (χ1) is 15.5. The Balaban J connectivity index is 1.65. The van der Waals surface area contributed by atoms with Gasteiger partial charge in [-0.1, -0.05) is 0 Å². The number of aliphatic hydroxyl groups excluding tert-OH is 3. The Morgan fingerprint density at radius 1 is 1.24 bits per heavy atom. The number of imidazole rings is 1. The number of ether oxygens (including phenoxy) is 2. The summed E-state index contributed by atoms with van der Waals surface area (Å²) in [5, 5.41) is 38.8. The topological polar surface area (TPSA) is 204 Å². The molecule has 3 rings (SSSR count). The van der Waals surface area contributed by atoms with Gasteiger partial charge >= 0.3 is 6.09 Å². The SMILES string of the molecule is C[C@H](NC(=O)OC(C)(C)C)C(=O)N[C@@H]1[C@@H](O)[C@H](O)[C@@H](Nc2ncnc3nc[nH]c23)O[C@H]1CO. The van der Waals surface area contributed by atoms with Crippen LogP contribution in [-0.2, 0) is 14.3 Å². The molecule has 33 heavy (non-hydrogen) atoms. The third-order valence-corrected chi connectivity index (χ3v) is 4.87. The summed E-state index contributed by atoms with van der Waals surface area (Å²) in [7, 11) is 0. The molecule has 0 saturated carbocycles. The Kier molecular flexibility index (Phi) is 7.31. The zero-order chi connectivity index (χ0) is 24.3. The molecule has 2 aromatic rings. The normalized spacial score (nSPS) is 26.5. The van der Waals surface area contributed by atoms with Crippen LogP contribution in [0.15, 0.2) is 12.7 Å². The molecule has 0 unspecified atom stereocenters. The molecule has 2 amide bonds. The first kappa shape index (κ1) is 24.6. The number of amides is 2. The number of carbonyl (C=O) groups excluding carboxylic acids is 2. The highest BCUT2D eigenvalue weighted by Gasteiger charge is 2.45. The summed E-state index contributed by atoms with van der Waals surface area (Å²) in [6.07, 6.45) is -3.34. The second kappa shape index (κ2) is 9.82. The molecule has 3 heterocycles. The fourth-order valence-corrected chi connectivity index (χ4v) is 3.27. The molecule has 1 saturated heterocycles. The van der Waals surface area contributed by atoms with Crippen molar-refractivity contribution in [3.63, 3.8) is 0 Å². The minimum atomic E-state index is -1.51. The van der Waals surface area contributed by atoms with Gasteiger partial charge < -0.3 is 45.7 Å². The summed E-state index contributed by atoms with van der Waals surface area (Å²) >= 11 is 0. The summed E-state index contributed by atoms with van der Waals surface area (Å²) < 4.78 is 10.8. The Bertz CT molecular complexity index is 977. The van der Waals surface area contributed by atoms with Crippen LogP contribution in [0.4, 0.5) is 10.6 Å². The number of hydrogen-bond donors (Lipinski definition) is 7. The number of H-pyrrole nitrogens is 1. The van der Waals surface area contributed by atoms with Gasteiger partial charge in [-0.25, -0.2) is 19.7 Å². The van der Waals surface area contributed by atoms with E-state index in [9.17, 15) is 24.9 Å². The van der Waals surface area contributed by atoms with E-state index in [0.717, 1.165) is 0 Å². The van der Waals surface area contributed by atoms with Crippen molar-refractivity contribution >= 4 is 29.0 Å². The predicted octanol–water partition coefficient (Wildman–Crippen LogP) is -1.40. The number of hydrogen-bond acceptors (Lipinski definition) is 11. The number of aromatic nitrogens is 4. The van der Waals surface area contributed by atoms with E-state index in [1.54, 1.807) is 20.8 Å². The van der Waals surface area contributed by atoms with Crippen LogP contribution in [0.3, 0.4) is 0 Å². The van der Waals surface area contributed by atoms with E-state index in [1.807, 2.05) is 0 Å². The van der Waals surface area contributed by atoms with Crippen molar-refractivity contribution in [3.8, 4) is 0 Å². The highest BCUT2D eigenvalue weighted by Crippen LogP contribution is 2.24. The summed E-state index contributed by atoms with van der Waals surface area (Å²) in [6.45, 7) is 5.91. The molecule has 0 spiro atoms. The summed E-state index contributed by atoms with van der Waals surface area (Å²) in [5.41, 5.74) is 0.0993. The van der Waals surface area contributed by atoms with Gasteiger partial charge in [0.2, 0.25) is 5.91 Å². The summed E-state index contributed by atoms with van der Waals surface area (Å²) in [4.78, 5) is 39.4. The lowest BCUT2D eigenvalue weighted by Gasteiger charge is -2.43. The largest absolute Gasteiger partial charge is 0.444 e. The van der Waals surface area contributed by atoms with Crippen LogP contribution in [0, 0.1) is 0 Å². The van der Waals surface area contributed by atoms with Crippen molar-refractivity contribution in [2.75, 3.05) is 11.9 Å². The number of carbonyl (C=O) groups is 2. The standard InChI is InChI=1S/C19H29N7O7/c1-8(24-18(31)33-19(2,3)4)16(30)25-10-9(5-27)32-17(13(29)12(10)28)26-15-11-14(21-6-20-11)22-7-23-15/h6-10,12-13,17,27-29H,5H2,1-4H3,(H,24,31)(H,25,30)(H2,20,21,22,23,26)/t8-,9-,10-,12+,13-,17-/m0/s1. The van der Waals surface area contributed by atoms with Gasteiger partial charge in [0, 0.05) is 0 Å². The van der Waals surface area contributed by atoms with Crippen molar-refractivity contribution in [1.29, 1.82) is 0 Å². The Morgan fingerprint density at radius 2 is 1.97 bits per heavy atom. The van der Waals surface area contributed by atoms with E-state index >= 15 is 0 Å². The van der Waals surface area contributed by atoms with Crippen LogP contribution in [0.25, 0.3) is 11.2 Å². The predicted molar refractivity (Wildman–Crippen MR) is 114 cm³/mol. The number of alkyl carbamates (subject to hydrolysis) is 1. The van der Waals surface area contributed by atoms with Gasteiger partial charge in [0.05, 0.1) is 19.0 Å². The maximum absolute atomic E-state index is 12.6. The lowest BCUT2D eigenvalue weighted by Crippen LogP contribution is -2.67. The number of rotatable bonds is 6. The van der Waals surface area contributed by atoms with E-state index in [-0.39, 0.29) is 5.82 Å². The highest BCUT2D eigenvalue weighted by molar-refractivity contribution is 5.85.